The summed E-state index contributed by atoms with van der Waals surface area (Å²) >= 11 is 0. The molecule has 1 N–H and O–H groups in total. The van der Waals surface area contributed by atoms with Crippen LogP contribution in [0.4, 0.5) is 0 Å². The highest BCUT2D eigenvalue weighted by Gasteiger charge is 2.19. The normalized spacial score (nSPS) is 21.5. The van der Waals surface area contributed by atoms with Crippen LogP contribution in [0.1, 0.15) is 6.92 Å². The van der Waals surface area contributed by atoms with Crippen molar-refractivity contribution in [1.29, 1.82) is 0 Å². The molecule has 0 aliphatic carbocycles. The molecule has 1 rings (SSSR count). The average Bonchev–Trinajstić information content (AvgIpc) is 2.05. The van der Waals surface area contributed by atoms with Gasteiger partial charge in [-0.1, -0.05) is 0 Å². The van der Waals surface area contributed by atoms with Gasteiger partial charge in [0.15, 0.2) is 0 Å². The summed E-state index contributed by atoms with van der Waals surface area (Å²) in [4.78, 5) is 12.8. The summed E-state index contributed by atoms with van der Waals surface area (Å²) in [6, 6.07) is 0. The van der Waals surface area contributed by atoms with Gasteiger partial charge in [0, 0.05) is 26.2 Å². The van der Waals surface area contributed by atoms with Crippen LogP contribution in [0.3, 0.4) is 0 Å². The zero-order valence-electron chi connectivity index (χ0n) is 6.66. The summed E-state index contributed by atoms with van der Waals surface area (Å²) < 4.78 is 0. The van der Waals surface area contributed by atoms with E-state index < -0.39 is 6.10 Å². The minimum absolute atomic E-state index is 0.181. The van der Waals surface area contributed by atoms with Gasteiger partial charge in [0.25, 0.3) is 5.91 Å². The van der Waals surface area contributed by atoms with Crippen LogP contribution in [0.2, 0.25) is 0 Å². The second kappa shape index (κ2) is 3.69. The van der Waals surface area contributed by atoms with E-state index in [2.05, 4.69) is 5.32 Å². The summed E-state index contributed by atoms with van der Waals surface area (Å²) in [5.74, 6) is -0.181. The van der Waals surface area contributed by atoms with Crippen molar-refractivity contribution in [2.75, 3.05) is 26.2 Å². The van der Waals surface area contributed by atoms with Gasteiger partial charge in [-0.2, -0.15) is 0 Å². The summed E-state index contributed by atoms with van der Waals surface area (Å²) in [5.41, 5.74) is 0. The first kappa shape index (κ1) is 8.49. The fraction of sp³-hybridized carbons (Fsp3) is 0.857. The van der Waals surface area contributed by atoms with E-state index in [9.17, 15) is 4.79 Å². The van der Waals surface area contributed by atoms with Crippen molar-refractivity contribution >= 4 is 5.91 Å². The highest BCUT2D eigenvalue weighted by atomic mass is 16.3. The minimum Gasteiger partial charge on any atom is -0.384 e. The van der Waals surface area contributed by atoms with Crippen LogP contribution in [0, 0.1) is 0 Å². The summed E-state index contributed by atoms with van der Waals surface area (Å²) in [6.45, 7) is 4.22. The Hall–Kier alpha value is -0.610. The monoisotopic (exact) mass is 157 g/mol. The number of amides is 1. The standard InChI is InChI=1S/C7H13N2O2/c1-6(10)7(11)9-4-2-8-3-5-9/h6,10H,2-5H2,1H3. The molecule has 1 aliphatic heterocycles. The van der Waals surface area contributed by atoms with Crippen molar-refractivity contribution in [3.05, 3.63) is 0 Å². The first-order valence-electron chi connectivity index (χ1n) is 3.82. The van der Waals surface area contributed by atoms with Crippen LogP contribution >= 0.6 is 0 Å². The van der Waals surface area contributed by atoms with E-state index >= 15 is 0 Å². The number of carbonyl (C=O) groups excluding carboxylic acids is 1. The molecule has 4 heteroatoms. The van der Waals surface area contributed by atoms with Crippen molar-refractivity contribution in [3.8, 4) is 0 Å². The minimum atomic E-state index is -0.868. The Morgan fingerprint density at radius 1 is 1.55 bits per heavy atom. The van der Waals surface area contributed by atoms with Gasteiger partial charge in [-0.05, 0) is 6.92 Å². The smallest absolute Gasteiger partial charge is 0.251 e. The average molecular weight is 157 g/mol. The van der Waals surface area contributed by atoms with Gasteiger partial charge in [0.1, 0.15) is 6.10 Å². The second-order valence-corrected chi connectivity index (χ2v) is 2.67. The van der Waals surface area contributed by atoms with E-state index in [-0.39, 0.29) is 5.91 Å². The zero-order valence-corrected chi connectivity index (χ0v) is 6.66. The van der Waals surface area contributed by atoms with Crippen LogP contribution in [0.5, 0.6) is 0 Å². The number of hydrogen-bond acceptors (Lipinski definition) is 2. The van der Waals surface area contributed by atoms with Gasteiger partial charge in [0.05, 0.1) is 0 Å². The molecule has 1 heterocycles. The highest BCUT2D eigenvalue weighted by Crippen LogP contribution is 1.97. The van der Waals surface area contributed by atoms with Crippen molar-refractivity contribution < 1.29 is 9.90 Å². The molecule has 1 aliphatic rings. The maximum atomic E-state index is 11.1. The Bertz CT molecular complexity index is 141. The summed E-state index contributed by atoms with van der Waals surface area (Å²) in [6.07, 6.45) is -0.868. The van der Waals surface area contributed by atoms with Crippen molar-refractivity contribution in [2.45, 2.75) is 13.0 Å². The molecule has 1 fully saturated rings. The van der Waals surface area contributed by atoms with Crippen LogP contribution in [-0.2, 0) is 4.79 Å². The van der Waals surface area contributed by atoms with Gasteiger partial charge in [-0.15, -0.1) is 0 Å². The number of rotatable bonds is 1. The molecule has 1 atom stereocenters. The van der Waals surface area contributed by atoms with Crippen LogP contribution < -0.4 is 5.32 Å². The molecule has 4 nitrogen and oxygen atoms in total. The predicted molar refractivity (Wildman–Crippen MR) is 40.1 cm³/mol. The molecule has 1 amide bonds. The Balaban J connectivity index is 2.39. The Labute approximate surface area is 66.2 Å². The van der Waals surface area contributed by atoms with Gasteiger partial charge < -0.3 is 10.0 Å². The molecule has 11 heavy (non-hydrogen) atoms. The zero-order chi connectivity index (χ0) is 8.27. The lowest BCUT2D eigenvalue weighted by Gasteiger charge is -2.27. The number of nitrogens with zero attached hydrogens (tertiary/aromatic N) is 2. The van der Waals surface area contributed by atoms with E-state index in [0.29, 0.717) is 26.2 Å². The van der Waals surface area contributed by atoms with Gasteiger partial charge >= 0.3 is 0 Å². The first-order chi connectivity index (χ1) is 5.22. The second-order valence-electron chi connectivity index (χ2n) is 2.67. The molecule has 0 bridgehead atoms. The molecule has 0 aromatic rings. The summed E-state index contributed by atoms with van der Waals surface area (Å²) in [7, 11) is 0. The lowest BCUT2D eigenvalue weighted by molar-refractivity contribution is -0.139. The van der Waals surface area contributed by atoms with E-state index in [4.69, 9.17) is 5.11 Å². The number of hydrogen-bond donors (Lipinski definition) is 1. The Morgan fingerprint density at radius 2 is 2.09 bits per heavy atom. The van der Waals surface area contributed by atoms with Gasteiger partial charge in [0.2, 0.25) is 0 Å². The quantitative estimate of drug-likeness (QED) is 0.520. The summed E-state index contributed by atoms with van der Waals surface area (Å²) in [5, 5.41) is 13.0. The fourth-order valence-electron chi connectivity index (χ4n) is 1.09. The van der Waals surface area contributed by atoms with Crippen LogP contribution in [-0.4, -0.2) is 48.2 Å². The number of aliphatic hydroxyl groups is 1. The maximum absolute atomic E-state index is 11.1. The van der Waals surface area contributed by atoms with Crippen molar-refractivity contribution in [3.63, 3.8) is 0 Å². The Morgan fingerprint density at radius 3 is 2.55 bits per heavy atom. The lowest BCUT2D eigenvalue weighted by Crippen LogP contribution is -2.47. The molecule has 0 spiro atoms. The molecule has 0 aromatic heterocycles. The van der Waals surface area contributed by atoms with Crippen LogP contribution in [0.15, 0.2) is 0 Å². The first-order valence-corrected chi connectivity index (χ1v) is 3.82. The number of piperazine rings is 1. The maximum Gasteiger partial charge on any atom is 0.251 e. The van der Waals surface area contributed by atoms with Crippen molar-refractivity contribution in [2.24, 2.45) is 0 Å². The topological polar surface area (TPSA) is 54.6 Å². The van der Waals surface area contributed by atoms with E-state index in [1.165, 1.54) is 6.92 Å². The third-order valence-corrected chi connectivity index (χ3v) is 1.73. The third kappa shape index (κ3) is 2.17. The molecule has 0 saturated carbocycles. The van der Waals surface area contributed by atoms with Gasteiger partial charge in [-0.3, -0.25) is 4.79 Å². The van der Waals surface area contributed by atoms with E-state index in [0.717, 1.165) is 0 Å². The molecular formula is C7H13N2O2. The number of carbonyl (C=O) groups is 1. The van der Waals surface area contributed by atoms with Crippen LogP contribution in [0.25, 0.3) is 0 Å². The van der Waals surface area contributed by atoms with E-state index in [1.807, 2.05) is 0 Å². The van der Waals surface area contributed by atoms with Gasteiger partial charge in [-0.25, -0.2) is 5.32 Å². The van der Waals surface area contributed by atoms with E-state index in [1.54, 1.807) is 4.90 Å². The fourth-order valence-corrected chi connectivity index (χ4v) is 1.09. The highest BCUT2D eigenvalue weighted by molar-refractivity contribution is 5.80. The lowest BCUT2D eigenvalue weighted by atomic mass is 10.3. The number of aliphatic hydroxyl groups excluding tert-OH is 1. The molecule has 1 saturated heterocycles. The third-order valence-electron chi connectivity index (χ3n) is 1.73. The largest absolute Gasteiger partial charge is 0.384 e. The predicted octanol–water partition coefficient (Wildman–Crippen LogP) is -1.19. The molecular weight excluding hydrogens is 144 g/mol. The Kier molecular flexibility index (Phi) is 2.84. The van der Waals surface area contributed by atoms with Crippen molar-refractivity contribution in [1.82, 2.24) is 10.2 Å². The molecule has 0 aromatic carbocycles. The molecule has 1 radical (unpaired) electrons. The molecule has 1 unspecified atom stereocenters. The SMILES string of the molecule is CC(O)C(=O)N1CC[N]CC1. The molecule has 63 valence electrons.